The second kappa shape index (κ2) is 7.40. The fraction of sp³-hybridized carbons (Fsp3) is 0.533. The van der Waals surface area contributed by atoms with Gasteiger partial charge in [0.25, 0.3) is 0 Å². The Labute approximate surface area is 195 Å². The van der Waals surface area contributed by atoms with E-state index >= 15 is 0 Å². The van der Waals surface area contributed by atoms with Crippen molar-refractivity contribution >= 4 is 11.0 Å². The summed E-state index contributed by atoms with van der Waals surface area (Å²) in [5.74, 6) is 0.353. The Hall–Kier alpha value is -2.22. The summed E-state index contributed by atoms with van der Waals surface area (Å²) in [5, 5.41) is 12.5. The molecule has 0 spiro atoms. The molecule has 0 saturated carbocycles. The first-order chi connectivity index (χ1) is 14.3. The standard InChI is InChI=1S/C30H42O2/c1-27(2,3)18-13-20(25(31)23(15-18)29(7,8)9)22-17-32-26-21(22)14-19(28(4,5)6)16-24(26)30(10,11)12/h13-17,31H,1-12H3. The highest BCUT2D eigenvalue weighted by molar-refractivity contribution is 5.98. The molecular weight excluding hydrogens is 392 g/mol. The number of phenols is 1. The first-order valence-corrected chi connectivity index (χ1v) is 11.8. The van der Waals surface area contributed by atoms with Crippen molar-refractivity contribution in [1.29, 1.82) is 0 Å². The van der Waals surface area contributed by atoms with Gasteiger partial charge in [0.1, 0.15) is 11.3 Å². The maximum atomic E-state index is 11.5. The van der Waals surface area contributed by atoms with Crippen molar-refractivity contribution in [3.8, 4) is 16.9 Å². The molecule has 1 N–H and O–H groups in total. The van der Waals surface area contributed by atoms with Gasteiger partial charge in [0.2, 0.25) is 0 Å². The monoisotopic (exact) mass is 434 g/mol. The topological polar surface area (TPSA) is 33.4 Å². The van der Waals surface area contributed by atoms with Gasteiger partial charge in [-0.1, -0.05) is 95.2 Å². The van der Waals surface area contributed by atoms with Crippen molar-refractivity contribution in [3.63, 3.8) is 0 Å². The van der Waals surface area contributed by atoms with Crippen molar-refractivity contribution in [1.82, 2.24) is 0 Å². The van der Waals surface area contributed by atoms with Gasteiger partial charge in [-0.15, -0.1) is 0 Å². The second-order valence-corrected chi connectivity index (χ2v) is 13.5. The van der Waals surface area contributed by atoms with E-state index in [1.165, 1.54) is 16.7 Å². The third kappa shape index (κ3) is 4.47. The second-order valence-electron chi connectivity index (χ2n) is 13.5. The zero-order chi connectivity index (χ0) is 24.4. The van der Waals surface area contributed by atoms with E-state index < -0.39 is 0 Å². The average molecular weight is 435 g/mol. The van der Waals surface area contributed by atoms with Crippen LogP contribution in [0.3, 0.4) is 0 Å². The van der Waals surface area contributed by atoms with E-state index in [-0.39, 0.29) is 21.7 Å². The summed E-state index contributed by atoms with van der Waals surface area (Å²) in [6.07, 6.45) is 1.83. The van der Waals surface area contributed by atoms with Crippen molar-refractivity contribution < 1.29 is 9.52 Å². The number of rotatable bonds is 1. The fourth-order valence-corrected chi connectivity index (χ4v) is 4.18. The van der Waals surface area contributed by atoms with E-state index in [0.29, 0.717) is 5.75 Å². The molecule has 2 aromatic carbocycles. The van der Waals surface area contributed by atoms with Crippen molar-refractivity contribution in [2.24, 2.45) is 0 Å². The lowest BCUT2D eigenvalue weighted by molar-refractivity contribution is 0.446. The minimum atomic E-state index is -0.174. The quantitative estimate of drug-likeness (QED) is 0.414. The first kappa shape index (κ1) is 24.4. The smallest absolute Gasteiger partial charge is 0.138 e. The van der Waals surface area contributed by atoms with Gasteiger partial charge in [0.15, 0.2) is 0 Å². The molecule has 0 radical (unpaired) electrons. The largest absolute Gasteiger partial charge is 0.507 e. The highest BCUT2D eigenvalue weighted by atomic mass is 16.3. The molecule has 0 atom stereocenters. The Kier molecular flexibility index (Phi) is 5.65. The molecule has 3 aromatic rings. The molecule has 2 heteroatoms. The maximum Gasteiger partial charge on any atom is 0.138 e. The normalized spacial score (nSPS) is 13.8. The fourth-order valence-electron chi connectivity index (χ4n) is 4.18. The molecule has 0 aliphatic heterocycles. The van der Waals surface area contributed by atoms with Crippen LogP contribution in [0, 0.1) is 0 Å². The maximum absolute atomic E-state index is 11.5. The SMILES string of the molecule is CC(C)(C)c1cc(-c2coc3c(C(C)(C)C)cc(C(C)(C)C)cc23)c(O)c(C(C)(C)C)c1. The number of aromatic hydroxyl groups is 1. The molecular formula is C30H42O2. The lowest BCUT2D eigenvalue weighted by atomic mass is 9.77. The Morgan fingerprint density at radius 1 is 0.562 bits per heavy atom. The van der Waals surface area contributed by atoms with Gasteiger partial charge in [-0.2, -0.15) is 0 Å². The lowest BCUT2D eigenvalue weighted by Gasteiger charge is -2.28. The molecule has 32 heavy (non-hydrogen) atoms. The molecule has 2 nitrogen and oxygen atoms in total. The summed E-state index contributed by atoms with van der Waals surface area (Å²) in [7, 11) is 0. The highest BCUT2D eigenvalue weighted by Gasteiger charge is 2.29. The Balaban J connectivity index is 2.45. The summed E-state index contributed by atoms with van der Waals surface area (Å²) in [5.41, 5.74) is 7.14. The zero-order valence-corrected chi connectivity index (χ0v) is 22.2. The van der Waals surface area contributed by atoms with E-state index in [0.717, 1.165) is 27.7 Å². The molecule has 0 unspecified atom stereocenters. The van der Waals surface area contributed by atoms with E-state index in [1.807, 2.05) is 6.26 Å². The molecule has 1 aromatic heterocycles. The van der Waals surface area contributed by atoms with Crippen LogP contribution in [0.5, 0.6) is 5.75 Å². The van der Waals surface area contributed by atoms with Gasteiger partial charge in [-0.05, 0) is 44.9 Å². The summed E-state index contributed by atoms with van der Waals surface area (Å²) in [4.78, 5) is 0. The first-order valence-electron chi connectivity index (χ1n) is 11.8. The minimum Gasteiger partial charge on any atom is -0.507 e. The van der Waals surface area contributed by atoms with Crippen molar-refractivity contribution in [2.75, 3.05) is 0 Å². The molecule has 174 valence electrons. The van der Waals surface area contributed by atoms with Crippen LogP contribution in [0.15, 0.2) is 34.9 Å². The van der Waals surface area contributed by atoms with Crippen LogP contribution in [-0.4, -0.2) is 5.11 Å². The van der Waals surface area contributed by atoms with Gasteiger partial charge in [0.05, 0.1) is 6.26 Å². The Morgan fingerprint density at radius 3 is 1.50 bits per heavy atom. The number of furan rings is 1. The Bertz CT molecular complexity index is 1150. The van der Waals surface area contributed by atoms with E-state index in [2.05, 4.69) is 107 Å². The molecule has 0 amide bonds. The summed E-state index contributed by atoms with van der Waals surface area (Å²) < 4.78 is 6.22. The molecule has 0 aliphatic carbocycles. The van der Waals surface area contributed by atoms with Crippen LogP contribution in [0.25, 0.3) is 22.1 Å². The van der Waals surface area contributed by atoms with Crippen LogP contribution in [-0.2, 0) is 21.7 Å². The van der Waals surface area contributed by atoms with Crippen molar-refractivity contribution in [2.45, 2.75) is 105 Å². The van der Waals surface area contributed by atoms with E-state index in [4.69, 9.17) is 4.42 Å². The highest BCUT2D eigenvalue weighted by Crippen LogP contribution is 2.46. The number of phenolic OH excluding ortho intramolecular Hbond substituents is 1. The molecule has 0 saturated heterocycles. The van der Waals surface area contributed by atoms with E-state index in [9.17, 15) is 5.11 Å². The summed E-state index contributed by atoms with van der Waals surface area (Å²) in [6, 6.07) is 8.86. The van der Waals surface area contributed by atoms with Crippen LogP contribution in [0.4, 0.5) is 0 Å². The third-order valence-electron chi connectivity index (χ3n) is 6.42. The number of hydrogen-bond acceptors (Lipinski definition) is 2. The predicted molar refractivity (Wildman–Crippen MR) is 138 cm³/mol. The van der Waals surface area contributed by atoms with Gasteiger partial charge in [-0.3, -0.25) is 0 Å². The average Bonchev–Trinajstić information content (AvgIpc) is 3.01. The number of fused-ring (bicyclic) bond motifs is 1. The number of benzene rings is 2. The zero-order valence-electron chi connectivity index (χ0n) is 22.2. The van der Waals surface area contributed by atoms with Crippen LogP contribution >= 0.6 is 0 Å². The Morgan fingerprint density at radius 2 is 1.03 bits per heavy atom. The lowest BCUT2D eigenvalue weighted by Crippen LogP contribution is -2.17. The summed E-state index contributed by atoms with van der Waals surface area (Å²) >= 11 is 0. The van der Waals surface area contributed by atoms with E-state index in [1.54, 1.807) is 0 Å². The molecule has 0 bridgehead atoms. The van der Waals surface area contributed by atoms with Crippen LogP contribution in [0.2, 0.25) is 0 Å². The molecule has 3 rings (SSSR count). The van der Waals surface area contributed by atoms with Crippen molar-refractivity contribution in [3.05, 3.63) is 52.8 Å². The molecule has 0 aliphatic rings. The molecule has 1 heterocycles. The van der Waals surface area contributed by atoms with Gasteiger partial charge in [0, 0.05) is 27.6 Å². The summed E-state index contributed by atoms with van der Waals surface area (Å²) in [6.45, 7) is 26.5. The predicted octanol–water partition coefficient (Wildman–Crippen LogP) is 9.00. The molecule has 0 fully saturated rings. The van der Waals surface area contributed by atoms with Gasteiger partial charge < -0.3 is 9.52 Å². The number of hydrogen-bond donors (Lipinski definition) is 1. The van der Waals surface area contributed by atoms with Gasteiger partial charge in [-0.25, -0.2) is 0 Å². The van der Waals surface area contributed by atoms with Crippen LogP contribution < -0.4 is 0 Å². The van der Waals surface area contributed by atoms with Gasteiger partial charge >= 0.3 is 0 Å². The minimum absolute atomic E-state index is 0.00853. The van der Waals surface area contributed by atoms with Crippen LogP contribution in [0.1, 0.15) is 105 Å². The third-order valence-corrected chi connectivity index (χ3v) is 6.42.